The second kappa shape index (κ2) is 23.4. The lowest BCUT2D eigenvalue weighted by Crippen LogP contribution is -1.96. The van der Waals surface area contributed by atoms with Crippen molar-refractivity contribution < 1.29 is 23.4 Å². The average molecular weight is 164 g/mol. The van der Waals surface area contributed by atoms with Gasteiger partial charge in [0.1, 0.15) is 0 Å². The molecular formula is C5H12F4O. The number of aliphatic hydroxyl groups is 1. The summed E-state index contributed by atoms with van der Waals surface area (Å²) in [5, 5.41) is 8.33. The number of hydrogen-bond acceptors (Lipinski definition) is 1. The van der Waals surface area contributed by atoms with Crippen molar-refractivity contribution in [1.82, 2.24) is 0 Å². The zero-order chi connectivity index (χ0) is 8.99. The molecule has 0 aromatic carbocycles. The highest BCUT2D eigenvalue weighted by Gasteiger charge is 1.90. The topological polar surface area (TPSA) is 20.2 Å². The monoisotopic (exact) mass is 164 g/mol. The van der Waals surface area contributed by atoms with Gasteiger partial charge >= 0.3 is 0 Å². The Balaban J connectivity index is -0.000000105. The molecule has 66 valence electrons. The molecule has 0 aromatic heterocycles. The molecule has 0 rings (SSSR count). The van der Waals surface area contributed by atoms with Crippen LogP contribution in [0.4, 0.5) is 18.3 Å². The maximum atomic E-state index is 8.33. The lowest BCUT2D eigenvalue weighted by atomic mass is 10.1. The molecule has 0 bridgehead atoms. The Bertz CT molecular complexity index is 32.8. The second-order valence-corrected chi connectivity index (χ2v) is 1.70. The number of aliphatic hydroxyl groups excluding tert-OH is 1. The minimum atomic E-state index is 0.330. The summed E-state index contributed by atoms with van der Waals surface area (Å²) in [6.07, 6.45) is 1.08. The van der Waals surface area contributed by atoms with Gasteiger partial charge in [0.05, 0.1) is 0 Å². The van der Waals surface area contributed by atoms with Crippen molar-refractivity contribution in [2.24, 2.45) is 5.92 Å². The lowest BCUT2D eigenvalue weighted by molar-refractivity contribution is 0.108. The van der Waals surface area contributed by atoms with E-state index in [1.165, 1.54) is 0 Å². The Morgan fingerprint density at radius 3 is 1.50 bits per heavy atom. The van der Waals surface area contributed by atoms with E-state index in [0.29, 0.717) is 12.5 Å². The van der Waals surface area contributed by atoms with Crippen LogP contribution in [0.3, 0.4) is 0 Å². The summed E-state index contributed by atoms with van der Waals surface area (Å²) in [6, 6.07) is 0. The van der Waals surface area contributed by atoms with Crippen LogP contribution in [0.1, 0.15) is 20.3 Å². The van der Waals surface area contributed by atoms with E-state index < -0.39 is 0 Å². The van der Waals surface area contributed by atoms with E-state index in [0.717, 1.165) is 6.42 Å². The molecule has 1 unspecified atom stereocenters. The van der Waals surface area contributed by atoms with Gasteiger partial charge in [-0.1, -0.05) is 20.3 Å². The summed E-state index contributed by atoms with van der Waals surface area (Å²) >= 11 is 0. The predicted molar refractivity (Wildman–Crippen MR) is 31.0 cm³/mol. The van der Waals surface area contributed by atoms with Gasteiger partial charge in [-0.15, -0.1) is 0 Å². The van der Waals surface area contributed by atoms with E-state index in [9.17, 15) is 0 Å². The van der Waals surface area contributed by atoms with Gasteiger partial charge in [-0.05, 0) is 5.92 Å². The maximum absolute atomic E-state index is 8.33. The van der Waals surface area contributed by atoms with Gasteiger partial charge in [0.15, 0.2) is 0 Å². The zero-order valence-electron chi connectivity index (χ0n) is 5.95. The van der Waals surface area contributed by atoms with Gasteiger partial charge in [0.25, 0.3) is 0 Å². The molecule has 0 spiro atoms. The van der Waals surface area contributed by atoms with Crippen molar-refractivity contribution >= 4 is 0 Å². The molecule has 0 fully saturated rings. The van der Waals surface area contributed by atoms with Gasteiger partial charge < -0.3 is 5.11 Å². The van der Waals surface area contributed by atoms with Gasteiger partial charge in [0.2, 0.25) is 0 Å². The van der Waals surface area contributed by atoms with Gasteiger partial charge in [-0.3, -0.25) is 0 Å². The highest BCUT2D eigenvalue weighted by molar-refractivity contribution is 4.41. The molecule has 0 aromatic rings. The Labute approximate surface area is 57.4 Å². The van der Waals surface area contributed by atoms with E-state index in [-0.39, 0.29) is 0 Å². The minimum Gasteiger partial charge on any atom is -0.396 e. The van der Waals surface area contributed by atoms with Crippen LogP contribution in [-0.2, 0) is 0 Å². The molecule has 1 atom stereocenters. The first-order chi connectivity index (χ1) is 4.81. The molecule has 0 saturated heterocycles. The van der Waals surface area contributed by atoms with Crippen molar-refractivity contribution in [3.63, 3.8) is 0 Å². The zero-order valence-corrected chi connectivity index (χ0v) is 5.95. The highest BCUT2D eigenvalue weighted by atomic mass is 20.0. The van der Waals surface area contributed by atoms with Gasteiger partial charge in [0, 0.05) is 24.9 Å². The van der Waals surface area contributed by atoms with E-state index in [2.05, 4.69) is 6.92 Å². The fraction of sp³-hybridized carbons (Fsp3) is 1.00. The predicted octanol–water partition coefficient (Wildman–Crippen LogP) is 2.71. The Hall–Kier alpha value is -0.320. The van der Waals surface area contributed by atoms with E-state index in [4.69, 9.17) is 23.4 Å². The molecule has 0 heterocycles. The summed E-state index contributed by atoms with van der Waals surface area (Å²) in [4.78, 5) is 0. The van der Waals surface area contributed by atoms with Crippen LogP contribution in [0.25, 0.3) is 0 Å². The molecular weight excluding hydrogens is 152 g/mol. The molecule has 0 aliphatic carbocycles. The molecule has 0 saturated carbocycles. The van der Waals surface area contributed by atoms with Gasteiger partial charge in [-0.25, -0.2) is 0 Å². The first-order valence-electron chi connectivity index (χ1n) is 2.70. The third-order valence-corrected chi connectivity index (χ3v) is 1.01. The summed E-state index contributed by atoms with van der Waals surface area (Å²) in [7, 11) is 0. The Morgan fingerprint density at radius 2 is 1.50 bits per heavy atom. The molecule has 1 nitrogen and oxygen atoms in total. The number of rotatable bonds is 2. The first kappa shape index (κ1) is 16.3. The summed E-state index contributed by atoms with van der Waals surface area (Å²) < 4.78 is 32.0. The van der Waals surface area contributed by atoms with Crippen molar-refractivity contribution in [1.29, 1.82) is 0 Å². The Morgan fingerprint density at radius 1 is 1.20 bits per heavy atom. The van der Waals surface area contributed by atoms with Crippen LogP contribution in [0.2, 0.25) is 0 Å². The standard InChI is InChI=1S/C5H12O.2F2/c1-3-5(2)4-6;2*1-2/h5-6H,3-4H2,1-2H3;;. The minimum absolute atomic E-state index is 0.330. The Kier molecular flexibility index (Phi) is 38.2. The normalized spacial score (nSPS) is 9.90. The van der Waals surface area contributed by atoms with Crippen LogP contribution in [0.15, 0.2) is 0 Å². The third-order valence-electron chi connectivity index (χ3n) is 1.01. The van der Waals surface area contributed by atoms with E-state index in [1.54, 1.807) is 0 Å². The molecule has 5 heteroatoms. The molecule has 0 amide bonds. The van der Waals surface area contributed by atoms with Crippen molar-refractivity contribution in [3.05, 3.63) is 0 Å². The van der Waals surface area contributed by atoms with Crippen LogP contribution >= 0.6 is 0 Å². The van der Waals surface area contributed by atoms with Crippen molar-refractivity contribution in [2.45, 2.75) is 20.3 Å². The number of halogens is 4. The molecule has 1 N–H and O–H groups in total. The molecule has 0 aliphatic rings. The third kappa shape index (κ3) is 25.3. The second-order valence-electron chi connectivity index (χ2n) is 1.70. The van der Waals surface area contributed by atoms with Gasteiger partial charge in [-0.2, -0.15) is 0 Å². The van der Waals surface area contributed by atoms with E-state index >= 15 is 0 Å². The SMILES string of the molecule is CCC(C)CO.FF.FF. The van der Waals surface area contributed by atoms with E-state index in [1.807, 2.05) is 6.92 Å². The van der Waals surface area contributed by atoms with Crippen LogP contribution in [-0.4, -0.2) is 11.7 Å². The summed E-state index contributed by atoms with van der Waals surface area (Å²) in [5.41, 5.74) is 0. The first-order valence-corrected chi connectivity index (χ1v) is 2.70. The summed E-state index contributed by atoms with van der Waals surface area (Å²) in [5.74, 6) is 0.491. The molecule has 10 heavy (non-hydrogen) atoms. The largest absolute Gasteiger partial charge is 0.396 e. The smallest absolute Gasteiger partial charge is 0.0456 e. The quantitative estimate of drug-likeness (QED) is 0.622. The van der Waals surface area contributed by atoms with Crippen molar-refractivity contribution in [2.75, 3.05) is 6.61 Å². The highest BCUT2D eigenvalue weighted by Crippen LogP contribution is 1.95. The van der Waals surface area contributed by atoms with Crippen LogP contribution in [0, 0.1) is 5.92 Å². The number of hydrogen-bond donors (Lipinski definition) is 1. The average Bonchev–Trinajstić information content (AvgIpc) is 2.10. The van der Waals surface area contributed by atoms with Crippen LogP contribution < -0.4 is 0 Å². The molecule has 0 aliphatic heterocycles. The van der Waals surface area contributed by atoms with Crippen LogP contribution in [0.5, 0.6) is 0 Å². The van der Waals surface area contributed by atoms with Crippen molar-refractivity contribution in [3.8, 4) is 0 Å². The summed E-state index contributed by atoms with van der Waals surface area (Å²) in [6.45, 7) is 4.43. The lowest BCUT2D eigenvalue weighted by Gasteiger charge is -1.98. The molecule has 0 radical (unpaired) electrons. The fourth-order valence-corrected chi connectivity index (χ4v) is 0.129. The fourth-order valence-electron chi connectivity index (χ4n) is 0.129. The maximum Gasteiger partial charge on any atom is 0.0456 e.